The maximum absolute atomic E-state index is 12.3. The number of carbonyl (C=O) groups is 2. The van der Waals surface area contributed by atoms with E-state index in [0.717, 1.165) is 73.7 Å². The molecule has 4 N–H and O–H groups in total. The summed E-state index contributed by atoms with van der Waals surface area (Å²) in [5.41, 5.74) is 3.89. The molecule has 0 bridgehead atoms. The predicted molar refractivity (Wildman–Crippen MR) is 151 cm³/mol. The number of carboxylic acid groups (broad SMARTS) is 1. The number of pyridine rings is 1. The molecule has 0 aliphatic carbocycles. The van der Waals surface area contributed by atoms with Gasteiger partial charge < -0.3 is 30.7 Å². The summed E-state index contributed by atoms with van der Waals surface area (Å²) in [5.74, 6) is 1.10. The minimum Gasteiger partial charge on any atom is -0.480 e. The van der Waals surface area contributed by atoms with E-state index >= 15 is 0 Å². The Bertz CT molecular complexity index is 1340. The third-order valence-corrected chi connectivity index (χ3v) is 7.37. The number of benzene rings is 1. The molecule has 5 rings (SSSR count). The lowest BCUT2D eigenvalue weighted by molar-refractivity contribution is -0.139. The van der Waals surface area contributed by atoms with Crippen LogP contribution < -0.4 is 20.9 Å². The second-order valence-corrected chi connectivity index (χ2v) is 10.1. The molecule has 40 heavy (non-hydrogen) atoms. The lowest BCUT2D eigenvalue weighted by Crippen LogP contribution is -2.45. The number of piperidine rings is 1. The number of hydrogen-bond donors (Lipinski definition) is 4. The molecule has 2 aliphatic rings. The van der Waals surface area contributed by atoms with E-state index in [2.05, 4.69) is 43.0 Å². The van der Waals surface area contributed by atoms with Crippen LogP contribution in [-0.2, 0) is 22.6 Å². The van der Waals surface area contributed by atoms with Gasteiger partial charge in [-0.3, -0.25) is 0 Å². The Morgan fingerprint density at radius 1 is 1.15 bits per heavy atom. The molecule has 0 radical (unpaired) electrons. The molecular formula is C29H35N7O4. The van der Waals surface area contributed by atoms with Crippen LogP contribution in [0.5, 0.6) is 0 Å². The Morgan fingerprint density at radius 3 is 2.83 bits per heavy atom. The maximum Gasteiger partial charge on any atom is 0.408 e. The lowest BCUT2D eigenvalue weighted by atomic mass is 9.97. The molecule has 2 atom stereocenters. The molecule has 11 heteroatoms. The number of aromatic nitrogens is 3. The minimum atomic E-state index is -1.21. The van der Waals surface area contributed by atoms with Crippen molar-refractivity contribution < 1.29 is 19.4 Å². The van der Waals surface area contributed by atoms with Gasteiger partial charge in [0.25, 0.3) is 0 Å². The molecule has 11 nitrogen and oxygen atoms in total. The average molecular weight is 546 g/mol. The van der Waals surface area contributed by atoms with E-state index in [1.165, 1.54) is 11.9 Å². The van der Waals surface area contributed by atoms with Crippen LogP contribution in [0.15, 0.2) is 48.8 Å². The zero-order chi connectivity index (χ0) is 27.9. The van der Waals surface area contributed by atoms with E-state index in [0.29, 0.717) is 5.82 Å². The molecule has 2 aliphatic heterocycles. The van der Waals surface area contributed by atoms with E-state index in [1.807, 2.05) is 37.3 Å². The van der Waals surface area contributed by atoms with Crippen LogP contribution in [0.1, 0.15) is 54.1 Å². The second kappa shape index (κ2) is 12.6. The van der Waals surface area contributed by atoms with Crippen molar-refractivity contribution in [3.63, 3.8) is 0 Å². The highest BCUT2D eigenvalue weighted by Gasteiger charge is 2.29. The molecule has 1 fully saturated rings. The SMILES string of the molecule is Cc1c(NCC(NC(=O)OCc2ccccc2)C(=O)O)ncnc1N1CCCCC1c1ccc2c(n1)NCCC2. The second-order valence-electron chi connectivity index (χ2n) is 10.1. The molecule has 210 valence electrons. The number of rotatable bonds is 9. The van der Waals surface area contributed by atoms with E-state index in [9.17, 15) is 14.7 Å². The molecule has 1 saturated heterocycles. The van der Waals surface area contributed by atoms with Crippen LogP contribution in [0.3, 0.4) is 0 Å². The normalized spacial score (nSPS) is 17.2. The number of carbonyl (C=O) groups excluding carboxylic acids is 1. The molecule has 1 amide bonds. The van der Waals surface area contributed by atoms with Crippen molar-refractivity contribution in [3.05, 3.63) is 71.2 Å². The number of nitrogens with one attached hydrogen (secondary N) is 3. The van der Waals surface area contributed by atoms with Gasteiger partial charge in [0.15, 0.2) is 0 Å². The van der Waals surface area contributed by atoms with Gasteiger partial charge in [-0.05, 0) is 56.2 Å². The quantitative estimate of drug-likeness (QED) is 0.311. The summed E-state index contributed by atoms with van der Waals surface area (Å²) in [6.07, 6.45) is 5.95. The molecule has 0 spiro atoms. The monoisotopic (exact) mass is 545 g/mol. The van der Waals surface area contributed by atoms with Gasteiger partial charge in [-0.15, -0.1) is 0 Å². The highest BCUT2D eigenvalue weighted by atomic mass is 16.5. The average Bonchev–Trinajstić information content (AvgIpc) is 2.99. The number of ether oxygens (including phenoxy) is 1. The standard InChI is InChI=1S/C29H35N7O4/c1-19-25(31-16-23(28(37)38)35-29(39)40-17-20-8-3-2-4-9-20)32-18-33-27(19)36-15-6-5-11-24(36)22-13-12-21-10-7-14-30-26(21)34-22/h2-4,8-9,12-13,18,23-24H,5-7,10-11,14-17H2,1H3,(H,30,34)(H,35,39)(H,37,38)(H,31,32,33). The van der Waals surface area contributed by atoms with Gasteiger partial charge in [-0.2, -0.15) is 0 Å². The van der Waals surface area contributed by atoms with Gasteiger partial charge in [-0.25, -0.2) is 24.5 Å². The Labute approximate surface area is 233 Å². The van der Waals surface area contributed by atoms with Crippen LogP contribution >= 0.6 is 0 Å². The topological polar surface area (TPSA) is 142 Å². The summed E-state index contributed by atoms with van der Waals surface area (Å²) < 4.78 is 5.19. The van der Waals surface area contributed by atoms with Crippen molar-refractivity contribution in [2.24, 2.45) is 0 Å². The van der Waals surface area contributed by atoms with Crippen LogP contribution in [0.25, 0.3) is 0 Å². The fourth-order valence-corrected chi connectivity index (χ4v) is 5.24. The van der Waals surface area contributed by atoms with Gasteiger partial charge in [-0.1, -0.05) is 36.4 Å². The highest BCUT2D eigenvalue weighted by molar-refractivity contribution is 5.80. The number of hydrogen-bond acceptors (Lipinski definition) is 9. The van der Waals surface area contributed by atoms with E-state index < -0.39 is 18.1 Å². The first-order valence-electron chi connectivity index (χ1n) is 13.8. The molecule has 2 aromatic heterocycles. The fraction of sp³-hybridized carbons (Fsp3) is 0.414. The molecule has 4 heterocycles. The van der Waals surface area contributed by atoms with Gasteiger partial charge >= 0.3 is 12.1 Å². The maximum atomic E-state index is 12.3. The van der Waals surface area contributed by atoms with E-state index in [1.54, 1.807) is 0 Å². The molecular weight excluding hydrogens is 510 g/mol. The number of aryl methyl sites for hydroxylation is 1. The predicted octanol–water partition coefficient (Wildman–Crippen LogP) is 4.06. The number of aliphatic carboxylic acids is 1. The first kappa shape index (κ1) is 27.2. The van der Waals surface area contributed by atoms with Gasteiger partial charge in [0.2, 0.25) is 0 Å². The zero-order valence-electron chi connectivity index (χ0n) is 22.6. The summed E-state index contributed by atoms with van der Waals surface area (Å²) in [7, 11) is 0. The number of anilines is 3. The van der Waals surface area contributed by atoms with Gasteiger partial charge in [0.1, 0.15) is 36.4 Å². The molecule has 3 aromatic rings. The van der Waals surface area contributed by atoms with Crippen molar-refractivity contribution in [2.45, 2.75) is 57.7 Å². The van der Waals surface area contributed by atoms with Crippen LogP contribution in [-0.4, -0.2) is 57.8 Å². The first-order chi connectivity index (χ1) is 19.5. The Hall–Kier alpha value is -4.41. The van der Waals surface area contributed by atoms with Crippen molar-refractivity contribution in [2.75, 3.05) is 35.2 Å². The summed E-state index contributed by atoms with van der Waals surface area (Å²) in [4.78, 5) is 40.4. The third-order valence-electron chi connectivity index (χ3n) is 7.37. The van der Waals surface area contributed by atoms with Crippen molar-refractivity contribution in [1.29, 1.82) is 0 Å². The van der Waals surface area contributed by atoms with Crippen LogP contribution in [0.4, 0.5) is 22.2 Å². The lowest BCUT2D eigenvalue weighted by Gasteiger charge is -2.37. The zero-order valence-corrected chi connectivity index (χ0v) is 22.6. The first-order valence-corrected chi connectivity index (χ1v) is 13.8. The van der Waals surface area contributed by atoms with Crippen molar-refractivity contribution in [3.8, 4) is 0 Å². The van der Waals surface area contributed by atoms with Crippen LogP contribution in [0.2, 0.25) is 0 Å². The van der Waals surface area contributed by atoms with Crippen molar-refractivity contribution >= 4 is 29.5 Å². The van der Waals surface area contributed by atoms with E-state index in [-0.39, 0.29) is 19.2 Å². The van der Waals surface area contributed by atoms with Gasteiger partial charge in [0.05, 0.1) is 11.7 Å². The number of fused-ring (bicyclic) bond motifs is 1. The Morgan fingerprint density at radius 2 is 2.00 bits per heavy atom. The van der Waals surface area contributed by atoms with Gasteiger partial charge in [0, 0.05) is 25.2 Å². The van der Waals surface area contributed by atoms with Crippen LogP contribution in [0, 0.1) is 6.92 Å². The number of carboxylic acids is 1. The Kier molecular flexibility index (Phi) is 8.58. The largest absolute Gasteiger partial charge is 0.480 e. The fourth-order valence-electron chi connectivity index (χ4n) is 5.24. The minimum absolute atomic E-state index is 0.0486. The summed E-state index contributed by atoms with van der Waals surface area (Å²) in [6, 6.07) is 12.4. The van der Waals surface area contributed by atoms with Crippen molar-refractivity contribution in [1.82, 2.24) is 20.3 Å². The molecule has 0 saturated carbocycles. The number of amides is 1. The highest BCUT2D eigenvalue weighted by Crippen LogP contribution is 2.37. The van der Waals surface area contributed by atoms with E-state index in [4.69, 9.17) is 9.72 Å². The summed E-state index contributed by atoms with van der Waals surface area (Å²) >= 11 is 0. The molecule has 2 unspecified atom stereocenters. The molecule has 1 aromatic carbocycles. The number of alkyl carbamates (subject to hydrolysis) is 1. The number of nitrogens with zero attached hydrogens (tertiary/aromatic N) is 4. The Balaban J connectivity index is 1.26. The summed E-state index contributed by atoms with van der Waals surface area (Å²) in [6.45, 7) is 3.67. The summed E-state index contributed by atoms with van der Waals surface area (Å²) in [5, 5.41) is 18.6. The third kappa shape index (κ3) is 6.41. The smallest absolute Gasteiger partial charge is 0.408 e.